The molecule has 1 rings (SSSR count). The molecule has 0 atom stereocenters. The van der Waals surface area contributed by atoms with Gasteiger partial charge < -0.3 is 15.0 Å². The average molecular weight is 269 g/mol. The molecule has 19 heavy (non-hydrogen) atoms. The largest absolute Gasteiger partial charge is 0.476 e. The summed E-state index contributed by atoms with van der Waals surface area (Å²) in [6, 6.07) is 0. The maximum atomic E-state index is 11.1. The van der Waals surface area contributed by atoms with Gasteiger partial charge >= 0.3 is 5.69 Å². The van der Waals surface area contributed by atoms with Crippen molar-refractivity contribution in [3.8, 4) is 5.88 Å². The van der Waals surface area contributed by atoms with E-state index in [9.17, 15) is 10.1 Å². The summed E-state index contributed by atoms with van der Waals surface area (Å²) >= 11 is 0. The highest BCUT2D eigenvalue weighted by Crippen LogP contribution is 2.30. The van der Waals surface area contributed by atoms with Gasteiger partial charge in [-0.25, -0.2) is 4.98 Å². The number of nitrogens with zero attached hydrogens (tertiary/aromatic N) is 4. The van der Waals surface area contributed by atoms with Crippen molar-refractivity contribution in [2.75, 3.05) is 33.1 Å². The Balaban J connectivity index is 2.99. The molecule has 1 heterocycles. The van der Waals surface area contributed by atoms with Crippen molar-refractivity contribution in [1.29, 1.82) is 0 Å². The van der Waals surface area contributed by atoms with Gasteiger partial charge in [-0.3, -0.25) is 10.1 Å². The van der Waals surface area contributed by atoms with Gasteiger partial charge in [0.25, 0.3) is 5.88 Å². The number of nitrogens with one attached hydrogen (secondary N) is 1. The average Bonchev–Trinajstić information content (AvgIpc) is 2.35. The van der Waals surface area contributed by atoms with Crippen molar-refractivity contribution in [3.05, 3.63) is 16.4 Å². The van der Waals surface area contributed by atoms with Crippen LogP contribution in [0.15, 0.2) is 6.33 Å². The number of hydrogen-bond donors (Lipinski definition) is 1. The number of methoxy groups -OCH3 is 1. The highest BCUT2D eigenvalue weighted by molar-refractivity contribution is 5.61. The number of nitro groups is 1. The van der Waals surface area contributed by atoms with E-state index < -0.39 is 4.92 Å². The molecule has 0 aliphatic carbocycles. The molecule has 0 saturated heterocycles. The summed E-state index contributed by atoms with van der Waals surface area (Å²) in [6.45, 7) is 4.54. The number of rotatable bonds is 6. The first kappa shape index (κ1) is 15.1. The Morgan fingerprint density at radius 3 is 2.58 bits per heavy atom. The summed E-state index contributed by atoms with van der Waals surface area (Å²) in [7, 11) is 5.22. The first-order valence-corrected chi connectivity index (χ1v) is 5.74. The van der Waals surface area contributed by atoms with Gasteiger partial charge in [-0.05, 0) is 27.9 Å². The van der Waals surface area contributed by atoms with E-state index in [1.807, 2.05) is 32.8 Å². The minimum atomic E-state index is -0.552. The molecule has 1 N–H and O–H groups in total. The van der Waals surface area contributed by atoms with Crippen molar-refractivity contribution in [2.45, 2.75) is 19.4 Å². The lowest BCUT2D eigenvalue weighted by Gasteiger charge is -2.32. The van der Waals surface area contributed by atoms with Crippen molar-refractivity contribution in [1.82, 2.24) is 14.9 Å². The highest BCUT2D eigenvalue weighted by Gasteiger charge is 2.26. The van der Waals surface area contributed by atoms with Crippen LogP contribution in [-0.2, 0) is 0 Å². The Bertz CT molecular complexity index is 462. The molecule has 1 aromatic rings. The Hall–Kier alpha value is -1.96. The van der Waals surface area contributed by atoms with Gasteiger partial charge in [-0.2, -0.15) is 4.98 Å². The Labute approximate surface area is 112 Å². The van der Waals surface area contributed by atoms with E-state index in [4.69, 9.17) is 4.74 Å². The molecule has 0 radical (unpaired) electrons. The second kappa shape index (κ2) is 5.79. The molecule has 0 spiro atoms. The molecule has 8 heteroatoms. The van der Waals surface area contributed by atoms with Gasteiger partial charge in [-0.15, -0.1) is 0 Å². The third-order valence-corrected chi connectivity index (χ3v) is 3.06. The van der Waals surface area contributed by atoms with Crippen LogP contribution in [0.4, 0.5) is 11.5 Å². The molecule has 0 saturated carbocycles. The van der Waals surface area contributed by atoms with Crippen LogP contribution in [-0.4, -0.2) is 53.1 Å². The summed E-state index contributed by atoms with van der Waals surface area (Å²) in [5.41, 5.74) is -0.425. The van der Waals surface area contributed by atoms with Crippen molar-refractivity contribution >= 4 is 11.5 Å². The molecule has 0 unspecified atom stereocenters. The molecule has 0 aromatic carbocycles. The van der Waals surface area contributed by atoms with Gasteiger partial charge in [0, 0.05) is 12.1 Å². The number of aromatic nitrogens is 2. The first-order valence-electron chi connectivity index (χ1n) is 5.74. The van der Waals surface area contributed by atoms with E-state index in [-0.39, 0.29) is 22.9 Å². The smallest absolute Gasteiger partial charge is 0.372 e. The fourth-order valence-corrected chi connectivity index (χ4v) is 1.26. The van der Waals surface area contributed by atoms with E-state index in [0.717, 1.165) is 0 Å². The van der Waals surface area contributed by atoms with Gasteiger partial charge in [0.2, 0.25) is 5.82 Å². The lowest BCUT2D eigenvalue weighted by molar-refractivity contribution is -0.385. The third kappa shape index (κ3) is 3.50. The third-order valence-electron chi connectivity index (χ3n) is 3.06. The SMILES string of the molecule is COc1ncnc(NCC(C)(C)N(C)C)c1[N+](=O)[O-]. The fraction of sp³-hybridized carbons (Fsp3) is 0.636. The van der Waals surface area contributed by atoms with Crippen molar-refractivity contribution in [2.24, 2.45) is 0 Å². The first-order chi connectivity index (χ1) is 8.79. The van der Waals surface area contributed by atoms with Gasteiger partial charge in [0.05, 0.1) is 12.0 Å². The van der Waals surface area contributed by atoms with Crippen LogP contribution < -0.4 is 10.1 Å². The molecular weight excluding hydrogens is 250 g/mol. The standard InChI is InChI=1S/C11H19N5O3/c1-11(2,15(3)4)6-12-9-8(16(17)18)10(19-5)14-7-13-9/h7H,6H2,1-5H3,(H,12,13,14). The zero-order valence-corrected chi connectivity index (χ0v) is 11.8. The topological polar surface area (TPSA) is 93.4 Å². The molecule has 0 fully saturated rings. The van der Waals surface area contributed by atoms with Crippen LogP contribution in [0.25, 0.3) is 0 Å². The lowest BCUT2D eigenvalue weighted by Crippen LogP contribution is -2.44. The van der Waals surface area contributed by atoms with Crippen LogP contribution in [0.2, 0.25) is 0 Å². The quantitative estimate of drug-likeness (QED) is 0.611. The van der Waals surface area contributed by atoms with Crippen molar-refractivity contribution in [3.63, 3.8) is 0 Å². The highest BCUT2D eigenvalue weighted by atomic mass is 16.6. The zero-order valence-electron chi connectivity index (χ0n) is 11.8. The van der Waals surface area contributed by atoms with Gasteiger partial charge in [0.15, 0.2) is 0 Å². The fourth-order valence-electron chi connectivity index (χ4n) is 1.26. The van der Waals surface area contributed by atoms with E-state index in [1.54, 1.807) is 0 Å². The lowest BCUT2D eigenvalue weighted by atomic mass is 10.0. The summed E-state index contributed by atoms with van der Waals surface area (Å²) in [6.07, 6.45) is 1.23. The zero-order chi connectivity index (χ0) is 14.6. The second-order valence-corrected chi connectivity index (χ2v) is 4.90. The molecule has 0 amide bonds. The number of hydrogen-bond acceptors (Lipinski definition) is 7. The molecule has 0 bridgehead atoms. The van der Waals surface area contributed by atoms with E-state index in [2.05, 4.69) is 15.3 Å². The Kier molecular flexibility index (Phi) is 4.60. The van der Waals surface area contributed by atoms with Crippen LogP contribution in [0, 0.1) is 10.1 Å². The number of ether oxygens (including phenoxy) is 1. The van der Waals surface area contributed by atoms with E-state index >= 15 is 0 Å². The van der Waals surface area contributed by atoms with Crippen LogP contribution in [0.1, 0.15) is 13.8 Å². The minimum absolute atomic E-state index is 0.0508. The van der Waals surface area contributed by atoms with Crippen LogP contribution >= 0.6 is 0 Å². The normalized spacial score (nSPS) is 11.5. The summed E-state index contributed by atoms with van der Waals surface area (Å²) in [5, 5.41) is 14.0. The summed E-state index contributed by atoms with van der Waals surface area (Å²) in [5.74, 6) is 0.108. The summed E-state index contributed by atoms with van der Waals surface area (Å²) in [4.78, 5) is 20.2. The molecule has 1 aromatic heterocycles. The molecule has 8 nitrogen and oxygen atoms in total. The monoisotopic (exact) mass is 269 g/mol. The predicted molar refractivity (Wildman–Crippen MR) is 71.5 cm³/mol. The Morgan fingerprint density at radius 2 is 2.11 bits per heavy atom. The number of likely N-dealkylation sites (N-methyl/N-ethyl adjacent to an activating group) is 1. The van der Waals surface area contributed by atoms with Gasteiger partial charge in [0.1, 0.15) is 6.33 Å². The van der Waals surface area contributed by atoms with E-state index in [0.29, 0.717) is 6.54 Å². The molecular formula is C11H19N5O3. The molecule has 0 aliphatic heterocycles. The minimum Gasteiger partial charge on any atom is -0.476 e. The second-order valence-electron chi connectivity index (χ2n) is 4.90. The van der Waals surface area contributed by atoms with E-state index in [1.165, 1.54) is 13.4 Å². The molecule has 106 valence electrons. The van der Waals surface area contributed by atoms with Gasteiger partial charge in [-0.1, -0.05) is 0 Å². The maximum absolute atomic E-state index is 11.1. The molecule has 0 aliphatic rings. The maximum Gasteiger partial charge on any atom is 0.372 e. The van der Waals surface area contributed by atoms with Crippen LogP contribution in [0.5, 0.6) is 5.88 Å². The Morgan fingerprint density at radius 1 is 1.47 bits per heavy atom. The number of anilines is 1. The predicted octanol–water partition coefficient (Wildman–Crippen LogP) is 1.15. The van der Waals surface area contributed by atoms with Crippen LogP contribution in [0.3, 0.4) is 0 Å². The summed E-state index contributed by atoms with van der Waals surface area (Å²) < 4.78 is 4.88. The van der Waals surface area contributed by atoms with Crippen molar-refractivity contribution < 1.29 is 9.66 Å².